The van der Waals surface area contributed by atoms with E-state index in [4.69, 9.17) is 0 Å². The number of nitrogens with one attached hydrogen (secondary N) is 1. The topological polar surface area (TPSA) is 50.2 Å². The van der Waals surface area contributed by atoms with Gasteiger partial charge in [-0.2, -0.15) is 0 Å². The van der Waals surface area contributed by atoms with E-state index in [0.717, 1.165) is 69.8 Å². The van der Waals surface area contributed by atoms with Gasteiger partial charge in [-0.1, -0.05) is 6.07 Å². The van der Waals surface area contributed by atoms with Crippen LogP contribution in [0.15, 0.2) is 47.6 Å². The normalized spacial score (nSPS) is 17.8. The summed E-state index contributed by atoms with van der Waals surface area (Å²) in [5, 5.41) is 3.54. The molecule has 1 N–H and O–H groups in total. The molecule has 174 valence electrons. The zero-order valence-corrected chi connectivity index (χ0v) is 21.2. The molecule has 0 amide bonds. The lowest BCUT2D eigenvalue weighted by molar-refractivity contribution is 0.311. The lowest BCUT2D eigenvalue weighted by Gasteiger charge is -2.38. The molecule has 9 heteroatoms. The van der Waals surface area contributed by atoms with Crippen LogP contribution in [0.1, 0.15) is 5.56 Å². The van der Waals surface area contributed by atoms with E-state index in [-0.39, 0.29) is 29.8 Å². The minimum Gasteiger partial charge on any atom is -0.368 e. The lowest BCUT2D eigenvalue weighted by atomic mass is 10.2. The van der Waals surface area contributed by atoms with Crippen LogP contribution in [-0.4, -0.2) is 87.2 Å². The van der Waals surface area contributed by atoms with Gasteiger partial charge in [0.05, 0.1) is 0 Å². The van der Waals surface area contributed by atoms with Crippen molar-refractivity contribution in [2.45, 2.75) is 6.54 Å². The molecule has 0 radical (unpaired) electrons. The third kappa shape index (κ3) is 6.00. The van der Waals surface area contributed by atoms with Gasteiger partial charge in [0.1, 0.15) is 11.6 Å². The fourth-order valence-corrected chi connectivity index (χ4v) is 4.21. The number of hydrogen-bond donors (Lipinski definition) is 1. The van der Waals surface area contributed by atoms with Gasteiger partial charge in [0, 0.05) is 83.4 Å². The van der Waals surface area contributed by atoms with E-state index in [9.17, 15) is 4.39 Å². The number of anilines is 2. The van der Waals surface area contributed by atoms with Crippen molar-refractivity contribution in [1.82, 2.24) is 20.1 Å². The Morgan fingerprint density at radius 3 is 2.28 bits per heavy atom. The van der Waals surface area contributed by atoms with Crippen molar-refractivity contribution in [3.63, 3.8) is 0 Å². The number of nitrogens with zero attached hydrogens (tertiary/aromatic N) is 6. The second kappa shape index (κ2) is 11.6. The van der Waals surface area contributed by atoms with Crippen molar-refractivity contribution in [3.8, 4) is 0 Å². The smallest absolute Gasteiger partial charge is 0.194 e. The first-order chi connectivity index (χ1) is 15.1. The molecule has 2 fully saturated rings. The molecule has 1 aromatic carbocycles. The second-order valence-corrected chi connectivity index (χ2v) is 8.13. The number of rotatable bonds is 4. The first-order valence-electron chi connectivity index (χ1n) is 11.0. The van der Waals surface area contributed by atoms with E-state index in [1.54, 1.807) is 0 Å². The first-order valence-corrected chi connectivity index (χ1v) is 11.0. The Morgan fingerprint density at radius 1 is 0.969 bits per heavy atom. The molecular formula is C23H33FIN7. The maximum Gasteiger partial charge on any atom is 0.194 e. The molecule has 4 rings (SSSR count). The number of piperazine rings is 2. The van der Waals surface area contributed by atoms with E-state index < -0.39 is 0 Å². The highest BCUT2D eigenvalue weighted by atomic mass is 127. The summed E-state index contributed by atoms with van der Waals surface area (Å²) in [5.74, 6) is 1.78. The molecule has 0 bridgehead atoms. The number of hydrogen-bond acceptors (Lipinski definition) is 5. The summed E-state index contributed by atoms with van der Waals surface area (Å²) in [4.78, 5) is 18.5. The Labute approximate surface area is 207 Å². The number of likely N-dealkylation sites (N-methyl/N-ethyl adjacent to an activating group) is 1. The molecule has 0 spiro atoms. The van der Waals surface area contributed by atoms with Gasteiger partial charge in [0.25, 0.3) is 0 Å². The average Bonchev–Trinajstić information content (AvgIpc) is 2.81. The highest BCUT2D eigenvalue weighted by Gasteiger charge is 2.21. The van der Waals surface area contributed by atoms with E-state index >= 15 is 0 Å². The van der Waals surface area contributed by atoms with E-state index in [0.29, 0.717) is 6.54 Å². The van der Waals surface area contributed by atoms with Gasteiger partial charge in [-0.15, -0.1) is 24.0 Å². The fourth-order valence-electron chi connectivity index (χ4n) is 4.21. The number of aromatic nitrogens is 1. The third-order valence-corrected chi connectivity index (χ3v) is 6.09. The number of benzene rings is 1. The molecule has 0 unspecified atom stereocenters. The van der Waals surface area contributed by atoms with Gasteiger partial charge in [0.2, 0.25) is 0 Å². The van der Waals surface area contributed by atoms with Crippen molar-refractivity contribution in [2.24, 2.45) is 4.99 Å². The van der Waals surface area contributed by atoms with Crippen molar-refractivity contribution in [2.75, 3.05) is 76.3 Å². The molecule has 0 atom stereocenters. The maximum absolute atomic E-state index is 13.2. The van der Waals surface area contributed by atoms with Gasteiger partial charge in [-0.3, -0.25) is 4.99 Å². The van der Waals surface area contributed by atoms with Gasteiger partial charge in [0.15, 0.2) is 5.96 Å². The minimum atomic E-state index is -0.196. The Balaban J connectivity index is 0.00000289. The highest BCUT2D eigenvalue weighted by Crippen LogP contribution is 2.19. The Kier molecular flexibility index (Phi) is 8.92. The zero-order chi connectivity index (χ0) is 21.6. The summed E-state index contributed by atoms with van der Waals surface area (Å²) in [7, 11) is 4.00. The van der Waals surface area contributed by atoms with Gasteiger partial charge in [-0.05, 0) is 37.4 Å². The number of pyridine rings is 1. The Hall–Kier alpha value is -2.14. The molecule has 7 nitrogen and oxygen atoms in total. The summed E-state index contributed by atoms with van der Waals surface area (Å²) >= 11 is 0. The molecule has 2 aromatic rings. The van der Waals surface area contributed by atoms with Gasteiger partial charge in [-0.25, -0.2) is 9.37 Å². The third-order valence-electron chi connectivity index (χ3n) is 6.09. The molecule has 2 saturated heterocycles. The Morgan fingerprint density at radius 2 is 1.62 bits per heavy atom. The van der Waals surface area contributed by atoms with Crippen LogP contribution in [0.2, 0.25) is 0 Å². The SMILES string of the molecule is CN=C(NCc1cccnc1N1CCN(C)CC1)N1CCN(c2ccc(F)cc2)CC1.I. The van der Waals surface area contributed by atoms with Crippen molar-refractivity contribution >= 4 is 41.4 Å². The van der Waals surface area contributed by atoms with Crippen LogP contribution >= 0.6 is 24.0 Å². The largest absolute Gasteiger partial charge is 0.368 e. The van der Waals surface area contributed by atoms with Crippen LogP contribution in [0, 0.1) is 5.82 Å². The number of halogens is 2. The maximum atomic E-state index is 13.2. The summed E-state index contributed by atoms with van der Waals surface area (Å²) in [6.07, 6.45) is 1.88. The van der Waals surface area contributed by atoms with Gasteiger partial charge >= 0.3 is 0 Å². The average molecular weight is 553 g/mol. The molecule has 0 aliphatic carbocycles. The van der Waals surface area contributed by atoms with Crippen LogP contribution in [0.4, 0.5) is 15.9 Å². The minimum absolute atomic E-state index is 0. The van der Waals surface area contributed by atoms with Crippen LogP contribution in [-0.2, 0) is 6.54 Å². The van der Waals surface area contributed by atoms with Crippen LogP contribution in [0.3, 0.4) is 0 Å². The van der Waals surface area contributed by atoms with E-state index in [1.807, 2.05) is 31.4 Å². The second-order valence-electron chi connectivity index (χ2n) is 8.13. The van der Waals surface area contributed by atoms with Crippen LogP contribution in [0.25, 0.3) is 0 Å². The molecule has 3 heterocycles. The zero-order valence-electron chi connectivity index (χ0n) is 18.9. The fraction of sp³-hybridized carbons (Fsp3) is 0.478. The van der Waals surface area contributed by atoms with E-state index in [2.05, 4.69) is 48.0 Å². The highest BCUT2D eigenvalue weighted by molar-refractivity contribution is 14.0. The number of aliphatic imine (C=N–C) groups is 1. The summed E-state index contributed by atoms with van der Waals surface area (Å²) in [6.45, 7) is 8.32. The van der Waals surface area contributed by atoms with Crippen molar-refractivity contribution < 1.29 is 4.39 Å². The predicted molar refractivity (Wildman–Crippen MR) is 140 cm³/mol. The predicted octanol–water partition coefficient (Wildman–Crippen LogP) is 2.49. The molecule has 1 aromatic heterocycles. The summed E-state index contributed by atoms with van der Waals surface area (Å²) < 4.78 is 13.2. The van der Waals surface area contributed by atoms with E-state index in [1.165, 1.54) is 17.7 Å². The lowest BCUT2D eigenvalue weighted by Crippen LogP contribution is -2.52. The molecule has 2 aliphatic heterocycles. The molecule has 0 saturated carbocycles. The molecular weight excluding hydrogens is 520 g/mol. The quantitative estimate of drug-likeness (QED) is 0.357. The summed E-state index contributed by atoms with van der Waals surface area (Å²) in [6, 6.07) is 10.9. The summed E-state index contributed by atoms with van der Waals surface area (Å²) in [5.41, 5.74) is 2.26. The standard InChI is InChI=1S/C23H32FN7.HI/c1-25-23(31-16-14-29(15-17-31)21-7-5-20(24)6-8-21)27-18-19-4-3-9-26-22(19)30-12-10-28(2)11-13-30;/h3-9H,10-18H2,1-2H3,(H,25,27);1H. The van der Waals surface area contributed by atoms with Crippen molar-refractivity contribution in [1.29, 1.82) is 0 Å². The number of guanidine groups is 1. The molecule has 2 aliphatic rings. The Bertz CT molecular complexity index is 876. The van der Waals surface area contributed by atoms with Gasteiger partial charge < -0.3 is 24.9 Å². The van der Waals surface area contributed by atoms with Crippen LogP contribution in [0.5, 0.6) is 0 Å². The monoisotopic (exact) mass is 553 g/mol. The van der Waals surface area contributed by atoms with Crippen molar-refractivity contribution in [3.05, 3.63) is 54.0 Å². The first kappa shape index (κ1) is 24.5. The van der Waals surface area contributed by atoms with Crippen LogP contribution < -0.4 is 15.1 Å². The molecule has 32 heavy (non-hydrogen) atoms.